The second kappa shape index (κ2) is 8.25. The van der Waals surface area contributed by atoms with Crippen molar-refractivity contribution in [2.24, 2.45) is 11.7 Å². The predicted octanol–water partition coefficient (Wildman–Crippen LogP) is 2.04. The number of hydrogen-bond acceptors (Lipinski definition) is 3. The molecule has 0 saturated carbocycles. The molecule has 1 aromatic carbocycles. The van der Waals surface area contributed by atoms with Gasteiger partial charge in [0, 0.05) is 13.2 Å². The molecule has 2 atom stereocenters. The third kappa shape index (κ3) is 4.47. The van der Waals surface area contributed by atoms with Gasteiger partial charge in [-0.25, -0.2) is 0 Å². The number of rotatable bonds is 4. The van der Waals surface area contributed by atoms with Gasteiger partial charge in [0.1, 0.15) is 0 Å². The molecular formula is C15H23ClN2O2. The third-order valence-electron chi connectivity index (χ3n) is 3.73. The number of nitrogens with one attached hydrogen (secondary N) is 1. The molecule has 2 unspecified atom stereocenters. The van der Waals surface area contributed by atoms with Gasteiger partial charge in [0.25, 0.3) is 0 Å². The molecule has 1 aromatic rings. The lowest BCUT2D eigenvalue weighted by molar-refractivity contribution is -0.125. The van der Waals surface area contributed by atoms with Crippen LogP contribution in [0.25, 0.3) is 0 Å². The maximum absolute atomic E-state index is 12.1. The smallest absolute Gasteiger partial charge is 0.237 e. The molecule has 1 aliphatic rings. The number of amides is 1. The summed E-state index contributed by atoms with van der Waals surface area (Å²) in [7, 11) is 0. The Morgan fingerprint density at radius 3 is 2.50 bits per heavy atom. The van der Waals surface area contributed by atoms with E-state index in [1.807, 2.05) is 37.3 Å². The molecule has 0 spiro atoms. The van der Waals surface area contributed by atoms with Crippen molar-refractivity contribution in [2.75, 3.05) is 13.2 Å². The van der Waals surface area contributed by atoms with Gasteiger partial charge in [-0.15, -0.1) is 12.4 Å². The summed E-state index contributed by atoms with van der Waals surface area (Å²) in [6.45, 7) is 3.39. The number of nitrogens with two attached hydrogens (primary N) is 1. The van der Waals surface area contributed by atoms with E-state index in [4.69, 9.17) is 10.5 Å². The number of benzene rings is 1. The molecule has 1 fully saturated rings. The van der Waals surface area contributed by atoms with Crippen molar-refractivity contribution in [3.05, 3.63) is 35.9 Å². The Morgan fingerprint density at radius 2 is 1.90 bits per heavy atom. The summed E-state index contributed by atoms with van der Waals surface area (Å²) in [4.78, 5) is 12.1. The number of ether oxygens (including phenoxy) is 1. The van der Waals surface area contributed by atoms with Crippen LogP contribution in [0.15, 0.2) is 30.3 Å². The molecule has 1 amide bonds. The summed E-state index contributed by atoms with van der Waals surface area (Å²) in [6.07, 6.45) is 1.74. The zero-order chi connectivity index (χ0) is 13.7. The Labute approximate surface area is 126 Å². The summed E-state index contributed by atoms with van der Waals surface area (Å²) >= 11 is 0. The molecule has 112 valence electrons. The van der Waals surface area contributed by atoms with Crippen molar-refractivity contribution in [1.82, 2.24) is 5.32 Å². The lowest BCUT2D eigenvalue weighted by atomic mass is 9.91. The van der Waals surface area contributed by atoms with Crippen LogP contribution in [0.1, 0.15) is 31.4 Å². The van der Waals surface area contributed by atoms with Gasteiger partial charge < -0.3 is 15.8 Å². The van der Waals surface area contributed by atoms with Crippen LogP contribution in [-0.4, -0.2) is 25.2 Å². The molecule has 20 heavy (non-hydrogen) atoms. The fourth-order valence-electron chi connectivity index (χ4n) is 2.42. The molecule has 1 saturated heterocycles. The van der Waals surface area contributed by atoms with E-state index in [0.717, 1.165) is 18.4 Å². The summed E-state index contributed by atoms with van der Waals surface area (Å²) in [5.74, 6) is 0.167. The van der Waals surface area contributed by atoms with Crippen molar-refractivity contribution in [3.8, 4) is 0 Å². The molecule has 0 aliphatic carbocycles. The van der Waals surface area contributed by atoms with Gasteiger partial charge >= 0.3 is 0 Å². The number of carbonyl (C=O) groups excluding carboxylic acids is 1. The van der Waals surface area contributed by atoms with Crippen LogP contribution in [0.5, 0.6) is 0 Å². The van der Waals surface area contributed by atoms with E-state index in [-0.39, 0.29) is 30.3 Å². The molecule has 1 heterocycles. The molecule has 3 N–H and O–H groups in total. The van der Waals surface area contributed by atoms with E-state index < -0.39 is 6.04 Å². The molecular weight excluding hydrogens is 276 g/mol. The highest BCUT2D eigenvalue weighted by molar-refractivity contribution is 5.85. The van der Waals surface area contributed by atoms with Crippen LogP contribution in [0.4, 0.5) is 0 Å². The average molecular weight is 299 g/mol. The molecule has 4 nitrogen and oxygen atoms in total. The van der Waals surface area contributed by atoms with Crippen LogP contribution < -0.4 is 11.1 Å². The van der Waals surface area contributed by atoms with E-state index in [2.05, 4.69) is 5.32 Å². The molecule has 5 heteroatoms. The normalized spacial score (nSPS) is 18.7. The highest BCUT2D eigenvalue weighted by atomic mass is 35.5. The monoisotopic (exact) mass is 298 g/mol. The Balaban J connectivity index is 0.00000200. The predicted molar refractivity (Wildman–Crippen MR) is 81.8 cm³/mol. The molecule has 0 aromatic heterocycles. The van der Waals surface area contributed by atoms with Crippen LogP contribution >= 0.6 is 12.4 Å². The van der Waals surface area contributed by atoms with Crippen molar-refractivity contribution in [1.29, 1.82) is 0 Å². The first-order valence-corrected chi connectivity index (χ1v) is 6.87. The summed E-state index contributed by atoms with van der Waals surface area (Å²) in [5.41, 5.74) is 7.14. The SMILES string of the molecule is CC(NC(=O)C(N)C1CCOCC1)c1ccccc1.Cl. The van der Waals surface area contributed by atoms with Crippen molar-refractivity contribution in [2.45, 2.75) is 31.8 Å². The maximum Gasteiger partial charge on any atom is 0.237 e. The number of carbonyl (C=O) groups is 1. The van der Waals surface area contributed by atoms with Crippen LogP contribution in [0.3, 0.4) is 0 Å². The lowest BCUT2D eigenvalue weighted by Gasteiger charge is -2.27. The Bertz CT molecular complexity index is 408. The Kier molecular flexibility index (Phi) is 6.99. The minimum absolute atomic E-state index is 0. The van der Waals surface area contributed by atoms with Gasteiger partial charge in [0.15, 0.2) is 0 Å². The van der Waals surface area contributed by atoms with Gasteiger partial charge in [0.05, 0.1) is 12.1 Å². The molecule has 1 aliphatic heterocycles. The first-order chi connectivity index (χ1) is 9.18. The van der Waals surface area contributed by atoms with Crippen LogP contribution in [-0.2, 0) is 9.53 Å². The molecule has 0 bridgehead atoms. The fraction of sp³-hybridized carbons (Fsp3) is 0.533. The number of hydrogen-bond donors (Lipinski definition) is 2. The minimum atomic E-state index is -0.435. The Morgan fingerprint density at radius 1 is 1.30 bits per heavy atom. The Hall–Kier alpha value is -1.10. The highest BCUT2D eigenvalue weighted by Crippen LogP contribution is 2.19. The largest absolute Gasteiger partial charge is 0.381 e. The van der Waals surface area contributed by atoms with Gasteiger partial charge in [-0.3, -0.25) is 4.79 Å². The van der Waals surface area contributed by atoms with Gasteiger partial charge in [-0.1, -0.05) is 30.3 Å². The van der Waals surface area contributed by atoms with Crippen LogP contribution in [0.2, 0.25) is 0 Å². The topological polar surface area (TPSA) is 64.4 Å². The summed E-state index contributed by atoms with van der Waals surface area (Å²) in [6, 6.07) is 9.46. The van der Waals surface area contributed by atoms with E-state index in [9.17, 15) is 4.79 Å². The van der Waals surface area contributed by atoms with Crippen LogP contribution in [0, 0.1) is 5.92 Å². The minimum Gasteiger partial charge on any atom is -0.381 e. The second-order valence-corrected chi connectivity index (χ2v) is 5.12. The van der Waals surface area contributed by atoms with E-state index in [1.54, 1.807) is 0 Å². The van der Waals surface area contributed by atoms with Crippen molar-refractivity contribution >= 4 is 18.3 Å². The zero-order valence-corrected chi connectivity index (χ0v) is 12.6. The quantitative estimate of drug-likeness (QED) is 0.894. The van der Waals surface area contributed by atoms with E-state index >= 15 is 0 Å². The van der Waals surface area contributed by atoms with E-state index in [1.165, 1.54) is 0 Å². The highest BCUT2D eigenvalue weighted by Gasteiger charge is 2.27. The zero-order valence-electron chi connectivity index (χ0n) is 11.7. The first-order valence-electron chi connectivity index (χ1n) is 6.87. The second-order valence-electron chi connectivity index (χ2n) is 5.12. The summed E-state index contributed by atoms with van der Waals surface area (Å²) in [5, 5.41) is 2.99. The van der Waals surface area contributed by atoms with Gasteiger partial charge in [0.2, 0.25) is 5.91 Å². The molecule has 0 radical (unpaired) electrons. The van der Waals surface area contributed by atoms with Gasteiger partial charge in [-0.05, 0) is 31.2 Å². The maximum atomic E-state index is 12.1. The average Bonchev–Trinajstić information content (AvgIpc) is 2.48. The van der Waals surface area contributed by atoms with Gasteiger partial charge in [-0.2, -0.15) is 0 Å². The molecule has 2 rings (SSSR count). The number of halogens is 1. The van der Waals surface area contributed by atoms with Crippen molar-refractivity contribution < 1.29 is 9.53 Å². The standard InChI is InChI=1S/C15H22N2O2.ClH/c1-11(12-5-3-2-4-6-12)17-15(18)14(16)13-7-9-19-10-8-13;/h2-6,11,13-14H,7-10,16H2,1H3,(H,17,18);1H. The fourth-order valence-corrected chi connectivity index (χ4v) is 2.42. The summed E-state index contributed by atoms with van der Waals surface area (Å²) < 4.78 is 5.29. The lowest BCUT2D eigenvalue weighted by Crippen LogP contribution is -2.47. The third-order valence-corrected chi connectivity index (χ3v) is 3.73. The van der Waals surface area contributed by atoms with Crippen molar-refractivity contribution in [3.63, 3.8) is 0 Å². The first kappa shape index (κ1) is 17.0. The van der Waals surface area contributed by atoms with E-state index in [0.29, 0.717) is 13.2 Å².